The molecular formula is C25H29KN6O. The molecule has 2 aromatic carbocycles. The van der Waals surface area contributed by atoms with E-state index in [1.165, 1.54) is 0 Å². The summed E-state index contributed by atoms with van der Waals surface area (Å²) in [6.07, 6.45) is 7.01. The summed E-state index contributed by atoms with van der Waals surface area (Å²) < 4.78 is 0. The Labute approximate surface area is 236 Å². The second-order valence-corrected chi connectivity index (χ2v) is 8.75. The summed E-state index contributed by atoms with van der Waals surface area (Å²) in [6, 6.07) is 16.5. The van der Waals surface area contributed by atoms with Gasteiger partial charge >= 0.3 is 51.4 Å². The first kappa shape index (κ1) is 24.4. The fourth-order valence-corrected chi connectivity index (χ4v) is 4.88. The number of amidine groups is 1. The number of nitrogens with zero attached hydrogens (tertiary/aromatic N) is 5. The van der Waals surface area contributed by atoms with Gasteiger partial charge in [-0.3, -0.25) is 14.7 Å². The number of nitrogens with one attached hydrogen (secondary N) is 1. The predicted octanol–water partition coefficient (Wildman–Crippen LogP) is 4.13. The van der Waals surface area contributed by atoms with Crippen molar-refractivity contribution in [3.63, 3.8) is 0 Å². The minimum absolute atomic E-state index is 0. The number of H-pyrrole nitrogens is 1. The topological polar surface area (TPSA) is 87.1 Å². The standard InChI is InChI=1S/C25H28N6O.K.H/c1-2-3-10-22-26-25(15-6-7-16-25)24(32)31(22)17-18-11-13-19(14-12-18)20-8-4-5-9-21(20)23-27-29-30-28-23;;/h4-5,8-9,11-14H,2-3,6-7,10,15-17H2,1H3,(H,27,28,29,30);;. The van der Waals surface area contributed by atoms with Gasteiger partial charge in [-0.25, -0.2) is 5.10 Å². The zero-order valence-electron chi connectivity index (χ0n) is 18.4. The Hall–Kier alpha value is -1.71. The van der Waals surface area contributed by atoms with Crippen LogP contribution >= 0.6 is 0 Å². The van der Waals surface area contributed by atoms with Gasteiger partial charge in [-0.05, 0) is 46.4 Å². The van der Waals surface area contributed by atoms with Gasteiger partial charge in [0, 0.05) is 12.0 Å². The number of tetrazole rings is 1. The van der Waals surface area contributed by atoms with Crippen LogP contribution in [0, 0.1) is 0 Å². The van der Waals surface area contributed by atoms with Gasteiger partial charge in [0.25, 0.3) is 5.91 Å². The average molecular weight is 469 g/mol. The van der Waals surface area contributed by atoms with Crippen molar-refractivity contribution >= 4 is 63.1 Å². The molecule has 1 aliphatic carbocycles. The number of carbonyl (C=O) groups is 1. The predicted molar refractivity (Wildman–Crippen MR) is 131 cm³/mol. The first-order valence-corrected chi connectivity index (χ1v) is 11.5. The van der Waals surface area contributed by atoms with Crippen molar-refractivity contribution in [1.82, 2.24) is 25.5 Å². The van der Waals surface area contributed by atoms with E-state index in [1.54, 1.807) is 0 Å². The molecule has 166 valence electrons. The van der Waals surface area contributed by atoms with Crippen molar-refractivity contribution in [2.24, 2.45) is 4.99 Å². The van der Waals surface area contributed by atoms with Crippen molar-refractivity contribution in [2.45, 2.75) is 64.0 Å². The number of benzene rings is 2. The van der Waals surface area contributed by atoms with Crippen molar-refractivity contribution < 1.29 is 4.79 Å². The Balaban J connectivity index is 0.00000259. The third-order valence-electron chi connectivity index (χ3n) is 6.62. The molecule has 1 saturated carbocycles. The molecule has 2 heterocycles. The van der Waals surface area contributed by atoms with E-state index in [0.29, 0.717) is 12.4 Å². The Morgan fingerprint density at radius 2 is 1.76 bits per heavy atom. The molecule has 1 N–H and O–H groups in total. The van der Waals surface area contributed by atoms with Crippen LogP contribution < -0.4 is 0 Å². The number of carbonyl (C=O) groups excluding carboxylic acids is 1. The number of amides is 1. The van der Waals surface area contributed by atoms with Gasteiger partial charge in [0.2, 0.25) is 0 Å². The second kappa shape index (κ2) is 10.7. The first-order valence-electron chi connectivity index (χ1n) is 11.5. The quantitative estimate of drug-likeness (QED) is 0.528. The van der Waals surface area contributed by atoms with Crippen LogP contribution in [0.2, 0.25) is 0 Å². The Kier molecular flexibility index (Phi) is 7.91. The molecule has 0 saturated heterocycles. The molecule has 33 heavy (non-hydrogen) atoms. The van der Waals surface area contributed by atoms with Gasteiger partial charge in [0.15, 0.2) is 5.82 Å². The maximum absolute atomic E-state index is 13.4. The van der Waals surface area contributed by atoms with E-state index < -0.39 is 5.54 Å². The number of aromatic nitrogens is 4. The molecule has 1 aliphatic heterocycles. The van der Waals surface area contributed by atoms with Crippen molar-refractivity contribution in [3.05, 3.63) is 54.1 Å². The summed E-state index contributed by atoms with van der Waals surface area (Å²) in [6.45, 7) is 2.76. The fourth-order valence-electron chi connectivity index (χ4n) is 4.88. The molecule has 0 atom stereocenters. The van der Waals surface area contributed by atoms with Crippen LogP contribution in [0.1, 0.15) is 57.4 Å². The van der Waals surface area contributed by atoms with E-state index in [0.717, 1.165) is 73.0 Å². The van der Waals surface area contributed by atoms with Crippen molar-refractivity contribution in [1.29, 1.82) is 0 Å². The van der Waals surface area contributed by atoms with E-state index >= 15 is 0 Å². The molecule has 2 aliphatic rings. The number of unbranched alkanes of at least 4 members (excludes halogenated alkanes) is 1. The van der Waals surface area contributed by atoms with Gasteiger partial charge in [0.1, 0.15) is 11.4 Å². The first-order chi connectivity index (χ1) is 15.7. The molecule has 1 spiro atoms. The van der Waals surface area contributed by atoms with Crippen LogP contribution in [0.5, 0.6) is 0 Å². The van der Waals surface area contributed by atoms with Gasteiger partial charge in [-0.2, -0.15) is 0 Å². The summed E-state index contributed by atoms with van der Waals surface area (Å²) in [5.41, 5.74) is 3.73. The van der Waals surface area contributed by atoms with E-state index in [1.807, 2.05) is 23.1 Å². The summed E-state index contributed by atoms with van der Waals surface area (Å²) in [7, 11) is 0. The van der Waals surface area contributed by atoms with Crippen LogP contribution in [0.25, 0.3) is 22.5 Å². The Morgan fingerprint density at radius 3 is 2.42 bits per heavy atom. The van der Waals surface area contributed by atoms with Crippen LogP contribution in [0.15, 0.2) is 53.5 Å². The number of aliphatic imine (C=N–C) groups is 1. The summed E-state index contributed by atoms with van der Waals surface area (Å²) >= 11 is 0. The minimum atomic E-state index is -0.479. The Morgan fingerprint density at radius 1 is 1.03 bits per heavy atom. The van der Waals surface area contributed by atoms with Crippen LogP contribution in [-0.2, 0) is 11.3 Å². The summed E-state index contributed by atoms with van der Waals surface area (Å²) in [5, 5.41) is 14.3. The molecule has 1 fully saturated rings. The molecule has 0 bridgehead atoms. The van der Waals surface area contributed by atoms with Crippen LogP contribution in [0.3, 0.4) is 0 Å². The SMILES string of the molecule is CCCCC1=NC2(CCCC2)C(=O)N1Cc1ccc(-c2ccccc2-c2nnn[nH]2)cc1.[KH]. The van der Waals surface area contributed by atoms with E-state index in [2.05, 4.69) is 57.9 Å². The van der Waals surface area contributed by atoms with Gasteiger partial charge < -0.3 is 0 Å². The normalized spacial score (nSPS) is 16.8. The number of hydrogen-bond donors (Lipinski definition) is 1. The monoisotopic (exact) mass is 468 g/mol. The van der Waals surface area contributed by atoms with E-state index in [-0.39, 0.29) is 57.3 Å². The molecule has 5 rings (SSSR count). The molecule has 1 aromatic heterocycles. The van der Waals surface area contributed by atoms with Crippen molar-refractivity contribution in [2.75, 3.05) is 0 Å². The molecule has 8 heteroatoms. The molecular weight excluding hydrogens is 439 g/mol. The number of rotatable bonds is 7. The summed E-state index contributed by atoms with van der Waals surface area (Å²) in [4.78, 5) is 20.3. The van der Waals surface area contributed by atoms with Gasteiger partial charge in [-0.1, -0.05) is 74.7 Å². The maximum atomic E-state index is 13.4. The number of hydrogen-bond acceptors (Lipinski definition) is 5. The van der Waals surface area contributed by atoms with Crippen LogP contribution in [0.4, 0.5) is 0 Å². The molecule has 1 amide bonds. The third-order valence-corrected chi connectivity index (χ3v) is 6.62. The third kappa shape index (κ3) is 4.91. The zero-order chi connectivity index (χ0) is 22.0. The molecule has 7 nitrogen and oxygen atoms in total. The van der Waals surface area contributed by atoms with Crippen LogP contribution in [-0.4, -0.2) is 94.2 Å². The average Bonchev–Trinajstić information content (AvgIpc) is 3.58. The molecule has 0 radical (unpaired) electrons. The molecule has 3 aromatic rings. The zero-order valence-corrected chi connectivity index (χ0v) is 18.4. The van der Waals surface area contributed by atoms with E-state index in [4.69, 9.17) is 4.99 Å². The van der Waals surface area contributed by atoms with Gasteiger partial charge in [0.05, 0.1) is 6.54 Å². The second-order valence-electron chi connectivity index (χ2n) is 8.75. The summed E-state index contributed by atoms with van der Waals surface area (Å²) in [5.74, 6) is 1.82. The molecule has 0 unspecified atom stereocenters. The fraction of sp³-hybridized carbons (Fsp3) is 0.400. The Bertz CT molecular complexity index is 1120. The van der Waals surface area contributed by atoms with E-state index in [9.17, 15) is 4.79 Å². The number of aromatic amines is 1. The van der Waals surface area contributed by atoms with Gasteiger partial charge in [-0.15, -0.1) is 5.10 Å². The van der Waals surface area contributed by atoms with Crippen molar-refractivity contribution in [3.8, 4) is 22.5 Å².